The van der Waals surface area contributed by atoms with Gasteiger partial charge in [-0.3, -0.25) is 9.59 Å². The van der Waals surface area contributed by atoms with Gasteiger partial charge in [-0.15, -0.1) is 0 Å². The topological polar surface area (TPSA) is 79.8 Å². The fourth-order valence-electron chi connectivity index (χ4n) is 3.16. The van der Waals surface area contributed by atoms with Crippen molar-refractivity contribution < 1.29 is 18.7 Å². The molecule has 2 amide bonds. The number of halogens is 2. The van der Waals surface area contributed by atoms with Crippen LogP contribution in [0.1, 0.15) is 62.3 Å². The van der Waals surface area contributed by atoms with Gasteiger partial charge in [0.1, 0.15) is 23.5 Å². The molecular formula is C28H31ClFN3O3. The lowest BCUT2D eigenvalue weighted by atomic mass is 10.1. The van der Waals surface area contributed by atoms with Crippen LogP contribution in [0.3, 0.4) is 0 Å². The second-order valence-corrected chi connectivity index (χ2v) is 8.73. The number of aryl methyl sites for hydroxylation is 1. The summed E-state index contributed by atoms with van der Waals surface area (Å²) in [7, 11) is 0. The van der Waals surface area contributed by atoms with Crippen molar-refractivity contribution in [3.63, 3.8) is 0 Å². The number of alkyl halides is 1. The monoisotopic (exact) mass is 511 g/mol. The first-order valence-electron chi connectivity index (χ1n) is 11.3. The predicted molar refractivity (Wildman–Crippen MR) is 144 cm³/mol. The summed E-state index contributed by atoms with van der Waals surface area (Å²) < 4.78 is 19.8. The Morgan fingerprint density at radius 2 is 1.83 bits per heavy atom. The Hall–Kier alpha value is -3.71. The molecule has 1 unspecified atom stereocenters. The third-order valence-corrected chi connectivity index (χ3v) is 5.40. The van der Waals surface area contributed by atoms with Gasteiger partial charge in [-0.2, -0.15) is 0 Å². The number of amides is 2. The van der Waals surface area contributed by atoms with Crippen molar-refractivity contribution in [2.24, 2.45) is 4.99 Å². The van der Waals surface area contributed by atoms with Gasteiger partial charge in [0.05, 0.1) is 16.3 Å². The molecule has 1 atom stereocenters. The first-order chi connectivity index (χ1) is 16.9. The van der Waals surface area contributed by atoms with Crippen LogP contribution in [0.2, 0.25) is 5.02 Å². The first kappa shape index (κ1) is 28.5. The zero-order valence-electron chi connectivity index (χ0n) is 21.3. The largest absolute Gasteiger partial charge is 0.462 e. The zero-order valence-corrected chi connectivity index (χ0v) is 22.1. The van der Waals surface area contributed by atoms with E-state index in [1.807, 2.05) is 19.9 Å². The fourth-order valence-corrected chi connectivity index (χ4v) is 3.52. The number of rotatable bonds is 8. The van der Waals surface area contributed by atoms with Crippen molar-refractivity contribution in [3.05, 3.63) is 93.9 Å². The summed E-state index contributed by atoms with van der Waals surface area (Å²) in [6.07, 6.45) is 2.19. The zero-order chi connectivity index (χ0) is 27.0. The van der Waals surface area contributed by atoms with E-state index in [2.05, 4.69) is 22.2 Å². The molecular weight excluding hydrogens is 481 g/mol. The van der Waals surface area contributed by atoms with Gasteiger partial charge in [-0.1, -0.05) is 36.4 Å². The van der Waals surface area contributed by atoms with Crippen LogP contribution in [-0.2, 0) is 4.79 Å². The van der Waals surface area contributed by atoms with Gasteiger partial charge in [0, 0.05) is 24.2 Å². The highest BCUT2D eigenvalue weighted by molar-refractivity contribution is 6.35. The van der Waals surface area contributed by atoms with E-state index in [1.165, 1.54) is 13.8 Å². The highest BCUT2D eigenvalue weighted by Crippen LogP contribution is 2.30. The Kier molecular flexibility index (Phi) is 10.2. The maximum Gasteiger partial charge on any atom is 0.257 e. The van der Waals surface area contributed by atoms with Crippen LogP contribution in [0.25, 0.3) is 0 Å². The van der Waals surface area contributed by atoms with Crippen molar-refractivity contribution in [2.45, 2.75) is 47.7 Å². The number of hydrogen-bond donors (Lipinski definition) is 2. The lowest BCUT2D eigenvalue weighted by Crippen LogP contribution is -2.25. The average Bonchev–Trinajstić information content (AvgIpc) is 2.78. The van der Waals surface area contributed by atoms with Gasteiger partial charge in [0.2, 0.25) is 5.91 Å². The van der Waals surface area contributed by atoms with E-state index in [4.69, 9.17) is 16.3 Å². The molecule has 0 aromatic heterocycles. The Bertz CT molecular complexity index is 1260. The van der Waals surface area contributed by atoms with Gasteiger partial charge in [-0.25, -0.2) is 9.38 Å². The van der Waals surface area contributed by atoms with Crippen LogP contribution in [0, 0.1) is 6.92 Å². The Morgan fingerprint density at radius 3 is 2.44 bits per heavy atom. The van der Waals surface area contributed by atoms with Gasteiger partial charge >= 0.3 is 0 Å². The highest BCUT2D eigenvalue weighted by Gasteiger charge is 2.17. The van der Waals surface area contributed by atoms with Gasteiger partial charge in [-0.05, 0) is 70.0 Å². The summed E-state index contributed by atoms with van der Waals surface area (Å²) in [6, 6.07) is 9.95. The average molecular weight is 512 g/mol. The maximum absolute atomic E-state index is 13.8. The third-order valence-electron chi connectivity index (χ3n) is 4.98. The highest BCUT2D eigenvalue weighted by atomic mass is 35.5. The number of amidine groups is 1. The van der Waals surface area contributed by atoms with Crippen LogP contribution >= 0.6 is 11.6 Å². The number of benzene rings is 2. The number of allylic oxidation sites excluding steroid dienone is 4. The Labute approximate surface area is 216 Å². The number of ether oxygens (including phenoxy) is 1. The van der Waals surface area contributed by atoms with E-state index in [0.717, 1.165) is 11.1 Å². The molecule has 0 bridgehead atoms. The Morgan fingerprint density at radius 1 is 1.14 bits per heavy atom. The van der Waals surface area contributed by atoms with E-state index in [0.29, 0.717) is 28.7 Å². The molecule has 0 aliphatic heterocycles. The van der Waals surface area contributed by atoms with Gasteiger partial charge in [0.15, 0.2) is 0 Å². The smallest absolute Gasteiger partial charge is 0.257 e. The molecule has 0 fully saturated rings. The summed E-state index contributed by atoms with van der Waals surface area (Å²) in [5.41, 5.74) is 3.10. The molecule has 8 heteroatoms. The summed E-state index contributed by atoms with van der Waals surface area (Å²) in [5.74, 6) is 0.907. The van der Waals surface area contributed by atoms with Crippen LogP contribution in [0.4, 0.5) is 10.1 Å². The van der Waals surface area contributed by atoms with Gasteiger partial charge < -0.3 is 15.4 Å². The lowest BCUT2D eigenvalue weighted by molar-refractivity contribution is -0.117. The van der Waals surface area contributed by atoms with Gasteiger partial charge in [0.25, 0.3) is 5.91 Å². The minimum atomic E-state index is -1.29. The van der Waals surface area contributed by atoms with Crippen LogP contribution in [0.5, 0.6) is 5.75 Å². The number of carbonyl (C=O) groups is 2. The molecule has 0 radical (unpaired) electrons. The molecule has 0 spiro atoms. The second-order valence-electron chi connectivity index (χ2n) is 8.35. The summed E-state index contributed by atoms with van der Waals surface area (Å²) in [4.78, 5) is 28.4. The van der Waals surface area contributed by atoms with Crippen molar-refractivity contribution in [1.82, 2.24) is 5.32 Å². The SMILES string of the molecule is C=C(C)/C(=C\C=C(/C)Oc1cc(NC(=O)c2cccc(C(C)F)c2Cl)ccc1C)N=C(C)NC(C)=O. The van der Waals surface area contributed by atoms with Crippen LogP contribution < -0.4 is 15.4 Å². The quantitative estimate of drug-likeness (QED) is 0.170. The normalized spacial score (nSPS) is 13.2. The molecule has 6 nitrogen and oxygen atoms in total. The van der Waals surface area contributed by atoms with E-state index < -0.39 is 12.1 Å². The van der Waals surface area contributed by atoms with E-state index in [-0.39, 0.29) is 22.1 Å². The van der Waals surface area contributed by atoms with Crippen LogP contribution in [-0.4, -0.2) is 17.6 Å². The number of anilines is 1. The lowest BCUT2D eigenvalue weighted by Gasteiger charge is -2.13. The second kappa shape index (κ2) is 12.8. The van der Waals surface area contributed by atoms with Crippen molar-refractivity contribution in [1.29, 1.82) is 0 Å². The summed E-state index contributed by atoms with van der Waals surface area (Å²) in [6.45, 7) is 13.9. The van der Waals surface area contributed by atoms with E-state index in [9.17, 15) is 14.0 Å². The molecule has 0 heterocycles. The number of carbonyl (C=O) groups excluding carboxylic acids is 2. The molecule has 2 aromatic carbocycles. The minimum absolute atomic E-state index is 0.0869. The summed E-state index contributed by atoms with van der Waals surface area (Å²) in [5, 5.41) is 5.50. The Balaban J connectivity index is 2.24. The van der Waals surface area contributed by atoms with Crippen molar-refractivity contribution in [3.8, 4) is 5.75 Å². The number of aliphatic imine (C=N–C) groups is 1. The number of nitrogens with zero attached hydrogens (tertiary/aromatic N) is 1. The molecule has 0 saturated carbocycles. The number of hydrogen-bond acceptors (Lipinski definition) is 4. The molecule has 0 aliphatic carbocycles. The molecule has 36 heavy (non-hydrogen) atoms. The molecule has 0 saturated heterocycles. The fraction of sp³-hybridized carbons (Fsp3) is 0.250. The summed E-state index contributed by atoms with van der Waals surface area (Å²) >= 11 is 6.25. The van der Waals surface area contributed by atoms with Crippen molar-refractivity contribution >= 4 is 34.9 Å². The van der Waals surface area contributed by atoms with Crippen molar-refractivity contribution in [2.75, 3.05) is 5.32 Å². The molecule has 2 rings (SSSR count). The molecule has 190 valence electrons. The minimum Gasteiger partial charge on any atom is -0.462 e. The third kappa shape index (κ3) is 8.20. The molecule has 2 N–H and O–H groups in total. The standard InChI is InChI=1S/C28H31ClFN3O3/c1-16(2)25(32-20(6)31-21(7)34)14-12-18(4)36-26-15-22(13-11-17(26)3)33-28(35)24-10-8-9-23(19(5)30)27(24)29/h8-15,19H,1H2,2-7H3,(H,33,35)(H,31,32,34)/b18-12+,25-14+. The molecule has 2 aromatic rings. The maximum atomic E-state index is 13.8. The predicted octanol–water partition coefficient (Wildman–Crippen LogP) is 7.23. The number of nitrogens with one attached hydrogen (secondary N) is 2. The van der Waals surface area contributed by atoms with E-state index in [1.54, 1.807) is 56.3 Å². The first-order valence-corrected chi connectivity index (χ1v) is 11.7. The van der Waals surface area contributed by atoms with E-state index >= 15 is 0 Å². The molecule has 0 aliphatic rings. The van der Waals surface area contributed by atoms with Crippen LogP contribution in [0.15, 0.2) is 77.2 Å².